The molecule has 1 aliphatic rings. The zero-order chi connectivity index (χ0) is 19.7. The van der Waals surface area contributed by atoms with Gasteiger partial charge in [-0.2, -0.15) is 0 Å². The smallest absolute Gasteiger partial charge is 0.324 e. The van der Waals surface area contributed by atoms with Crippen molar-refractivity contribution in [2.75, 3.05) is 11.9 Å². The lowest BCUT2D eigenvalue weighted by Crippen LogP contribution is -2.44. The molecule has 2 heterocycles. The van der Waals surface area contributed by atoms with Gasteiger partial charge in [-0.1, -0.05) is 49.4 Å². The molecule has 0 bridgehead atoms. The van der Waals surface area contributed by atoms with E-state index in [0.29, 0.717) is 17.5 Å². The van der Waals surface area contributed by atoms with Crippen molar-refractivity contribution in [2.45, 2.75) is 18.9 Å². The van der Waals surface area contributed by atoms with Crippen molar-refractivity contribution in [3.63, 3.8) is 0 Å². The average molecular weight is 377 g/mol. The Morgan fingerprint density at radius 2 is 1.82 bits per heavy atom. The van der Waals surface area contributed by atoms with E-state index < -0.39 is 29.9 Å². The van der Waals surface area contributed by atoms with Crippen molar-refractivity contribution >= 4 is 34.8 Å². The number of hydrogen-bond acceptors (Lipinski definition) is 4. The van der Waals surface area contributed by atoms with Gasteiger partial charge in [0.15, 0.2) is 0 Å². The minimum Gasteiger partial charge on any atom is -0.324 e. The van der Waals surface area contributed by atoms with Crippen LogP contribution in [0, 0.1) is 0 Å². The maximum absolute atomic E-state index is 13.0. The Bertz CT molecular complexity index is 1030. The number of carbonyl (C=O) groups is 3. The van der Waals surface area contributed by atoms with E-state index in [2.05, 4.69) is 20.6 Å². The molecule has 1 aliphatic heterocycles. The molecule has 8 nitrogen and oxygen atoms in total. The van der Waals surface area contributed by atoms with Crippen LogP contribution in [-0.2, 0) is 15.1 Å². The monoisotopic (exact) mass is 377 g/mol. The van der Waals surface area contributed by atoms with Gasteiger partial charge in [-0.15, -0.1) is 0 Å². The van der Waals surface area contributed by atoms with Crippen molar-refractivity contribution in [3.8, 4) is 0 Å². The number of hydrogen-bond donors (Lipinski definition) is 3. The summed E-state index contributed by atoms with van der Waals surface area (Å²) in [4.78, 5) is 46.1. The number of nitrogens with zero attached hydrogens (tertiary/aromatic N) is 2. The van der Waals surface area contributed by atoms with Gasteiger partial charge in [0.05, 0.1) is 11.0 Å². The van der Waals surface area contributed by atoms with Crippen LogP contribution in [0.1, 0.15) is 18.9 Å². The van der Waals surface area contributed by atoms with Crippen molar-refractivity contribution in [1.29, 1.82) is 0 Å². The van der Waals surface area contributed by atoms with Gasteiger partial charge in [0.25, 0.3) is 5.91 Å². The van der Waals surface area contributed by atoms with Crippen molar-refractivity contribution in [1.82, 2.24) is 20.2 Å². The molecule has 3 aromatic rings. The first-order chi connectivity index (χ1) is 13.5. The highest BCUT2D eigenvalue weighted by Gasteiger charge is 2.51. The molecule has 1 atom stereocenters. The van der Waals surface area contributed by atoms with Crippen LogP contribution < -0.4 is 10.6 Å². The summed E-state index contributed by atoms with van der Waals surface area (Å²) in [7, 11) is 0. The minimum absolute atomic E-state index is 0.267. The van der Waals surface area contributed by atoms with E-state index in [-0.39, 0.29) is 5.95 Å². The van der Waals surface area contributed by atoms with Crippen LogP contribution in [0.25, 0.3) is 11.0 Å². The van der Waals surface area contributed by atoms with Crippen LogP contribution in [-0.4, -0.2) is 39.3 Å². The van der Waals surface area contributed by atoms with E-state index in [1.165, 1.54) is 0 Å². The van der Waals surface area contributed by atoms with E-state index in [1.54, 1.807) is 12.1 Å². The largest absolute Gasteiger partial charge is 0.325 e. The van der Waals surface area contributed by atoms with Crippen LogP contribution in [0.3, 0.4) is 0 Å². The molecule has 1 fully saturated rings. The van der Waals surface area contributed by atoms with E-state index in [0.717, 1.165) is 10.4 Å². The number of imide groups is 1. The van der Waals surface area contributed by atoms with Gasteiger partial charge < -0.3 is 10.3 Å². The Morgan fingerprint density at radius 3 is 2.54 bits per heavy atom. The lowest BCUT2D eigenvalue weighted by atomic mass is 9.87. The number of para-hydroxylation sites is 2. The quantitative estimate of drug-likeness (QED) is 0.593. The minimum atomic E-state index is -1.15. The van der Waals surface area contributed by atoms with Crippen LogP contribution in [0.15, 0.2) is 54.6 Å². The topological polar surface area (TPSA) is 107 Å². The second-order valence-electron chi connectivity index (χ2n) is 6.60. The standard InChI is InChI=1S/C20H19N5O3/c1-2-20(13-8-4-3-5-9-13)17(27)25(19(28)24-20)12-16(26)23-18-21-14-10-6-7-11-15(14)22-18/h3-11H,2,12H2,1H3,(H,24,28)(H2,21,22,23,26). The number of nitrogens with one attached hydrogen (secondary N) is 3. The van der Waals surface area contributed by atoms with Crippen molar-refractivity contribution < 1.29 is 14.4 Å². The molecular formula is C20H19N5O3. The summed E-state index contributed by atoms with van der Waals surface area (Å²) in [5.74, 6) is -0.684. The molecule has 0 spiro atoms. The van der Waals surface area contributed by atoms with Gasteiger partial charge in [0, 0.05) is 0 Å². The first-order valence-electron chi connectivity index (χ1n) is 8.98. The van der Waals surface area contributed by atoms with Crippen LogP contribution in [0.4, 0.5) is 10.7 Å². The number of aromatic nitrogens is 2. The number of anilines is 1. The maximum atomic E-state index is 13.0. The normalized spacial score (nSPS) is 19.1. The zero-order valence-corrected chi connectivity index (χ0v) is 15.2. The van der Waals surface area contributed by atoms with Gasteiger partial charge in [-0.05, 0) is 24.1 Å². The molecule has 1 unspecified atom stereocenters. The molecule has 3 N–H and O–H groups in total. The summed E-state index contributed by atoms with van der Waals surface area (Å²) in [6.07, 6.45) is 0.378. The second-order valence-corrected chi connectivity index (χ2v) is 6.60. The van der Waals surface area contributed by atoms with E-state index in [9.17, 15) is 14.4 Å². The number of benzene rings is 2. The van der Waals surface area contributed by atoms with Crippen LogP contribution in [0.2, 0.25) is 0 Å². The fraction of sp³-hybridized carbons (Fsp3) is 0.200. The lowest BCUT2D eigenvalue weighted by molar-refractivity contribution is -0.134. The van der Waals surface area contributed by atoms with Gasteiger partial charge in [0.2, 0.25) is 11.9 Å². The molecule has 2 aromatic carbocycles. The fourth-order valence-corrected chi connectivity index (χ4v) is 3.46. The third-order valence-electron chi connectivity index (χ3n) is 4.92. The lowest BCUT2D eigenvalue weighted by Gasteiger charge is -2.25. The maximum Gasteiger partial charge on any atom is 0.325 e. The van der Waals surface area contributed by atoms with Crippen molar-refractivity contribution in [2.24, 2.45) is 0 Å². The van der Waals surface area contributed by atoms with Crippen LogP contribution >= 0.6 is 0 Å². The van der Waals surface area contributed by atoms with Crippen molar-refractivity contribution in [3.05, 3.63) is 60.2 Å². The molecule has 4 amide bonds. The molecule has 142 valence electrons. The van der Waals surface area contributed by atoms with Gasteiger partial charge in [-0.3, -0.25) is 19.8 Å². The van der Waals surface area contributed by atoms with Gasteiger partial charge >= 0.3 is 6.03 Å². The Kier molecular flexibility index (Phi) is 4.31. The number of amides is 4. The predicted molar refractivity (Wildman–Crippen MR) is 103 cm³/mol. The summed E-state index contributed by atoms with van der Waals surface area (Å²) in [5, 5.41) is 5.36. The highest BCUT2D eigenvalue weighted by molar-refractivity contribution is 6.10. The third kappa shape index (κ3) is 2.88. The number of aromatic amines is 1. The number of imidazole rings is 1. The highest BCUT2D eigenvalue weighted by atomic mass is 16.2. The molecule has 0 radical (unpaired) electrons. The summed E-state index contributed by atoms with van der Waals surface area (Å²) < 4.78 is 0. The van der Waals surface area contributed by atoms with Crippen LogP contribution in [0.5, 0.6) is 0 Å². The van der Waals surface area contributed by atoms with E-state index in [4.69, 9.17) is 0 Å². The Morgan fingerprint density at radius 1 is 1.11 bits per heavy atom. The Labute approximate surface area is 160 Å². The Hall–Kier alpha value is -3.68. The summed E-state index contributed by atoms with van der Waals surface area (Å²) in [6, 6.07) is 15.8. The molecule has 8 heteroatoms. The Balaban J connectivity index is 1.52. The predicted octanol–water partition coefficient (Wildman–Crippen LogP) is 2.36. The number of carbonyl (C=O) groups excluding carboxylic acids is 3. The number of H-pyrrole nitrogens is 1. The first-order valence-corrected chi connectivity index (χ1v) is 8.98. The van der Waals surface area contributed by atoms with E-state index >= 15 is 0 Å². The summed E-state index contributed by atoms with van der Waals surface area (Å²) in [6.45, 7) is 1.43. The average Bonchev–Trinajstić information content (AvgIpc) is 3.22. The molecule has 1 saturated heterocycles. The molecule has 28 heavy (non-hydrogen) atoms. The van der Waals surface area contributed by atoms with Gasteiger partial charge in [0.1, 0.15) is 12.1 Å². The highest BCUT2D eigenvalue weighted by Crippen LogP contribution is 2.32. The van der Waals surface area contributed by atoms with Gasteiger partial charge in [-0.25, -0.2) is 9.78 Å². The zero-order valence-electron chi connectivity index (χ0n) is 15.2. The third-order valence-corrected chi connectivity index (χ3v) is 4.92. The fourth-order valence-electron chi connectivity index (χ4n) is 3.46. The van der Waals surface area contributed by atoms with E-state index in [1.807, 2.05) is 49.4 Å². The summed E-state index contributed by atoms with van der Waals surface area (Å²) >= 11 is 0. The molecule has 0 saturated carbocycles. The summed E-state index contributed by atoms with van der Waals surface area (Å²) in [5.41, 5.74) is 1.03. The SMILES string of the molecule is CCC1(c2ccccc2)NC(=O)N(CC(=O)Nc2nc3ccccc3[nH]2)C1=O. The second kappa shape index (κ2) is 6.80. The first kappa shape index (κ1) is 17.7. The number of fused-ring (bicyclic) bond motifs is 1. The molecule has 1 aromatic heterocycles. The number of urea groups is 1. The molecule has 4 rings (SSSR count). The molecular weight excluding hydrogens is 358 g/mol. The molecule has 0 aliphatic carbocycles. The number of rotatable bonds is 5.